The summed E-state index contributed by atoms with van der Waals surface area (Å²) in [5.74, 6) is 1.36. The highest BCUT2D eigenvalue weighted by atomic mass is 16.5. The van der Waals surface area contributed by atoms with Crippen molar-refractivity contribution in [3.05, 3.63) is 66.1 Å². The molecule has 1 N–H and O–H groups in total. The summed E-state index contributed by atoms with van der Waals surface area (Å²) in [5.41, 5.74) is 1.71. The summed E-state index contributed by atoms with van der Waals surface area (Å²) in [6, 6.07) is 16.6. The number of carbonyl (C=O) groups excluding carboxylic acids is 2. The molecule has 0 radical (unpaired) electrons. The number of aromatic nitrogens is 2. The third-order valence-corrected chi connectivity index (χ3v) is 6.39. The smallest absolute Gasteiger partial charge is 0.324 e. The van der Waals surface area contributed by atoms with Gasteiger partial charge in [-0.3, -0.25) is 9.69 Å². The molecule has 1 saturated heterocycles. The molecule has 0 bridgehead atoms. The van der Waals surface area contributed by atoms with Crippen LogP contribution in [0, 0.1) is 5.92 Å². The number of para-hydroxylation sites is 1. The van der Waals surface area contributed by atoms with Crippen molar-refractivity contribution in [1.29, 1.82) is 0 Å². The summed E-state index contributed by atoms with van der Waals surface area (Å²) < 4.78 is 11.3. The van der Waals surface area contributed by atoms with E-state index in [1.165, 1.54) is 4.90 Å². The monoisotopic (exact) mass is 446 g/mol. The summed E-state index contributed by atoms with van der Waals surface area (Å²) in [6.45, 7) is 2.75. The van der Waals surface area contributed by atoms with Gasteiger partial charge in [0.25, 0.3) is 0 Å². The fourth-order valence-corrected chi connectivity index (χ4v) is 4.75. The van der Waals surface area contributed by atoms with Crippen LogP contribution in [0.1, 0.15) is 43.6 Å². The van der Waals surface area contributed by atoms with E-state index in [2.05, 4.69) is 15.5 Å². The van der Waals surface area contributed by atoms with Crippen LogP contribution >= 0.6 is 0 Å². The highest BCUT2D eigenvalue weighted by Crippen LogP contribution is 2.39. The van der Waals surface area contributed by atoms with Gasteiger partial charge in [0.2, 0.25) is 17.6 Å². The molecule has 3 atom stereocenters. The quantitative estimate of drug-likeness (QED) is 0.611. The number of urea groups is 1. The van der Waals surface area contributed by atoms with Crippen molar-refractivity contribution < 1.29 is 18.8 Å². The second kappa shape index (κ2) is 9.05. The lowest BCUT2D eigenvalue weighted by Crippen LogP contribution is -2.60. The third kappa shape index (κ3) is 4.20. The van der Waals surface area contributed by atoms with Crippen LogP contribution in [-0.2, 0) is 11.3 Å². The Labute approximate surface area is 191 Å². The maximum absolute atomic E-state index is 13.1. The lowest BCUT2D eigenvalue weighted by Gasteiger charge is -2.41. The van der Waals surface area contributed by atoms with Gasteiger partial charge in [-0.25, -0.2) is 4.79 Å². The van der Waals surface area contributed by atoms with Crippen molar-refractivity contribution in [3.63, 3.8) is 0 Å². The van der Waals surface area contributed by atoms with Crippen LogP contribution in [-0.4, -0.2) is 39.6 Å². The standard InChI is InChI=1S/C25H26N4O4/c1-2-32-21-11-7-6-10-19(21)22-27-23(33-28-22)17-12-13-18-20(14-17)26-25(31)29(24(18)30)15-16-8-4-3-5-9-16/h3-11,17-18,20H,2,12-15H2,1H3,(H,26,31). The zero-order chi connectivity index (χ0) is 22.8. The molecule has 8 nitrogen and oxygen atoms in total. The molecule has 1 aliphatic heterocycles. The van der Waals surface area contributed by atoms with Gasteiger partial charge < -0.3 is 14.6 Å². The molecule has 8 heteroatoms. The Balaban J connectivity index is 1.29. The molecule has 1 aromatic heterocycles. The Morgan fingerprint density at radius 1 is 1.09 bits per heavy atom. The maximum Gasteiger partial charge on any atom is 0.324 e. The molecule has 3 unspecified atom stereocenters. The van der Waals surface area contributed by atoms with Gasteiger partial charge in [0, 0.05) is 12.0 Å². The topological polar surface area (TPSA) is 97.6 Å². The van der Waals surface area contributed by atoms with Crippen molar-refractivity contribution in [2.75, 3.05) is 6.61 Å². The molecule has 1 saturated carbocycles. The van der Waals surface area contributed by atoms with Crippen LogP contribution in [0.2, 0.25) is 0 Å². The Morgan fingerprint density at radius 3 is 2.70 bits per heavy atom. The Morgan fingerprint density at radius 2 is 1.88 bits per heavy atom. The van der Waals surface area contributed by atoms with Gasteiger partial charge in [-0.05, 0) is 43.9 Å². The van der Waals surface area contributed by atoms with E-state index in [9.17, 15) is 9.59 Å². The van der Waals surface area contributed by atoms with E-state index in [0.717, 1.165) is 17.5 Å². The number of carbonyl (C=O) groups is 2. The summed E-state index contributed by atoms with van der Waals surface area (Å²) in [7, 11) is 0. The highest BCUT2D eigenvalue weighted by Gasteiger charge is 2.45. The predicted octanol–water partition coefficient (Wildman–Crippen LogP) is 4.14. The molecule has 33 heavy (non-hydrogen) atoms. The summed E-state index contributed by atoms with van der Waals surface area (Å²) in [6.07, 6.45) is 2.00. The van der Waals surface area contributed by atoms with Crippen LogP contribution in [0.25, 0.3) is 11.4 Å². The number of benzene rings is 2. The number of amides is 3. The van der Waals surface area contributed by atoms with Gasteiger partial charge in [-0.1, -0.05) is 47.6 Å². The van der Waals surface area contributed by atoms with Crippen LogP contribution in [0.4, 0.5) is 4.79 Å². The van der Waals surface area contributed by atoms with Crippen molar-refractivity contribution in [1.82, 2.24) is 20.4 Å². The van der Waals surface area contributed by atoms with Crippen LogP contribution < -0.4 is 10.1 Å². The lowest BCUT2D eigenvalue weighted by atomic mass is 9.76. The molecule has 3 amide bonds. The number of fused-ring (bicyclic) bond motifs is 1. The van der Waals surface area contributed by atoms with Gasteiger partial charge >= 0.3 is 6.03 Å². The van der Waals surface area contributed by atoms with E-state index >= 15 is 0 Å². The number of rotatable bonds is 6. The average molecular weight is 447 g/mol. The molecule has 2 aliphatic rings. The molecule has 5 rings (SSSR count). The van der Waals surface area contributed by atoms with Crippen molar-refractivity contribution in [2.45, 2.75) is 44.7 Å². The number of hydrogen-bond donors (Lipinski definition) is 1. The Hall–Kier alpha value is -3.68. The zero-order valence-electron chi connectivity index (χ0n) is 18.4. The first-order chi connectivity index (χ1) is 16.1. The van der Waals surface area contributed by atoms with Crippen molar-refractivity contribution in [3.8, 4) is 17.1 Å². The molecular weight excluding hydrogens is 420 g/mol. The first kappa shape index (κ1) is 21.2. The van der Waals surface area contributed by atoms with Crippen molar-refractivity contribution in [2.24, 2.45) is 5.92 Å². The second-order valence-electron chi connectivity index (χ2n) is 8.47. The van der Waals surface area contributed by atoms with E-state index in [-0.39, 0.29) is 36.4 Å². The van der Waals surface area contributed by atoms with Crippen LogP contribution in [0.15, 0.2) is 59.1 Å². The van der Waals surface area contributed by atoms with Gasteiger partial charge in [0.15, 0.2) is 0 Å². The van der Waals surface area contributed by atoms with E-state index < -0.39 is 0 Å². The average Bonchev–Trinajstić information content (AvgIpc) is 3.33. The van der Waals surface area contributed by atoms with Gasteiger partial charge in [0.1, 0.15) is 5.75 Å². The minimum absolute atomic E-state index is 0.0134. The zero-order valence-corrected chi connectivity index (χ0v) is 18.4. The van der Waals surface area contributed by atoms with Gasteiger partial charge in [-0.2, -0.15) is 4.98 Å². The van der Waals surface area contributed by atoms with Crippen LogP contribution in [0.5, 0.6) is 5.75 Å². The van der Waals surface area contributed by atoms with Crippen molar-refractivity contribution >= 4 is 11.9 Å². The molecule has 2 heterocycles. The number of imide groups is 1. The minimum atomic E-state index is -0.345. The predicted molar refractivity (Wildman–Crippen MR) is 120 cm³/mol. The van der Waals surface area contributed by atoms with E-state index in [4.69, 9.17) is 9.26 Å². The molecule has 2 aromatic carbocycles. The fourth-order valence-electron chi connectivity index (χ4n) is 4.75. The molecular formula is C25H26N4O4. The largest absolute Gasteiger partial charge is 0.493 e. The maximum atomic E-state index is 13.1. The fraction of sp³-hybridized carbons (Fsp3) is 0.360. The summed E-state index contributed by atoms with van der Waals surface area (Å²) >= 11 is 0. The number of hydrogen-bond acceptors (Lipinski definition) is 6. The number of nitrogens with one attached hydrogen (secondary N) is 1. The Kier molecular flexibility index (Phi) is 5.81. The lowest BCUT2D eigenvalue weighted by molar-refractivity contribution is -0.137. The minimum Gasteiger partial charge on any atom is -0.493 e. The molecule has 2 fully saturated rings. The van der Waals surface area contributed by atoms with E-state index in [1.54, 1.807) is 0 Å². The van der Waals surface area contributed by atoms with Crippen LogP contribution in [0.3, 0.4) is 0 Å². The Bertz CT molecular complexity index is 1150. The second-order valence-corrected chi connectivity index (χ2v) is 8.47. The van der Waals surface area contributed by atoms with Gasteiger partial charge in [-0.15, -0.1) is 0 Å². The molecule has 0 spiro atoms. The normalized spacial score (nSPS) is 22.6. The van der Waals surface area contributed by atoms with E-state index in [1.807, 2.05) is 61.5 Å². The highest BCUT2D eigenvalue weighted by molar-refractivity contribution is 5.98. The third-order valence-electron chi connectivity index (χ3n) is 6.39. The van der Waals surface area contributed by atoms with Gasteiger partial charge in [0.05, 0.1) is 24.6 Å². The number of ether oxygens (including phenoxy) is 1. The van der Waals surface area contributed by atoms with E-state index in [0.29, 0.717) is 36.9 Å². The summed E-state index contributed by atoms with van der Waals surface area (Å²) in [4.78, 5) is 31.8. The number of nitrogens with zero attached hydrogens (tertiary/aromatic N) is 3. The SMILES string of the molecule is CCOc1ccccc1-c1noc(C2CCC3C(=O)N(Cc4ccccc4)C(=O)NC3C2)n1. The molecule has 1 aliphatic carbocycles. The molecule has 170 valence electrons. The first-order valence-electron chi connectivity index (χ1n) is 11.4. The molecule has 3 aromatic rings. The summed E-state index contributed by atoms with van der Waals surface area (Å²) in [5, 5.41) is 7.21. The first-order valence-corrected chi connectivity index (χ1v) is 11.4.